The number of benzene rings is 1. The van der Waals surface area contributed by atoms with E-state index in [-0.39, 0.29) is 27.0 Å². The SMILES string of the molecule is CCCS(=O)(=O)Nc1ccc(Cl)c(C(=O)Nc2cnc3[nH]nc(OC)c3c2)c1Cl. The minimum atomic E-state index is -3.59. The first-order valence-electron chi connectivity index (χ1n) is 8.43. The Bertz CT molecular complexity index is 1180. The number of nitrogens with zero attached hydrogens (tertiary/aromatic N) is 2. The zero-order valence-corrected chi connectivity index (χ0v) is 17.7. The van der Waals surface area contributed by atoms with Gasteiger partial charge in [0.25, 0.3) is 5.91 Å². The Balaban J connectivity index is 1.92. The summed E-state index contributed by atoms with van der Waals surface area (Å²) >= 11 is 12.4. The third-order valence-electron chi connectivity index (χ3n) is 3.89. The molecule has 1 aromatic carbocycles. The largest absolute Gasteiger partial charge is 0.479 e. The van der Waals surface area contributed by atoms with E-state index in [4.69, 9.17) is 27.9 Å². The summed E-state index contributed by atoms with van der Waals surface area (Å²) in [6, 6.07) is 4.42. The van der Waals surface area contributed by atoms with E-state index in [1.54, 1.807) is 13.0 Å². The van der Waals surface area contributed by atoms with Crippen molar-refractivity contribution in [2.24, 2.45) is 0 Å². The number of amides is 1. The van der Waals surface area contributed by atoms with Gasteiger partial charge in [-0.3, -0.25) is 14.6 Å². The van der Waals surface area contributed by atoms with Crippen molar-refractivity contribution in [1.29, 1.82) is 0 Å². The molecule has 12 heteroatoms. The number of methoxy groups -OCH3 is 1. The Morgan fingerprint density at radius 3 is 2.76 bits per heavy atom. The van der Waals surface area contributed by atoms with Gasteiger partial charge in [0.05, 0.1) is 51.4 Å². The van der Waals surface area contributed by atoms with Crippen LogP contribution in [0.1, 0.15) is 23.7 Å². The Hall–Kier alpha value is -2.56. The highest BCUT2D eigenvalue weighted by Gasteiger charge is 2.21. The van der Waals surface area contributed by atoms with Crippen LogP contribution in [-0.4, -0.2) is 42.4 Å². The lowest BCUT2D eigenvalue weighted by Gasteiger charge is -2.13. The molecule has 2 heterocycles. The molecular formula is C17H17Cl2N5O4S. The standard InChI is InChI=1S/C17H17Cl2N5O4S/c1-3-6-29(26,27)24-12-5-4-11(18)13(14(12)19)16(25)21-9-7-10-15(20-8-9)22-23-17(10)28-2/h4-5,7-8,24H,3,6H2,1-2H3,(H,21,25)(H,20,22,23). The maximum absolute atomic E-state index is 12.8. The van der Waals surface area contributed by atoms with Gasteiger partial charge < -0.3 is 10.1 Å². The summed E-state index contributed by atoms with van der Waals surface area (Å²) in [5.74, 6) is -0.377. The van der Waals surface area contributed by atoms with E-state index in [1.807, 2.05) is 0 Å². The van der Waals surface area contributed by atoms with Gasteiger partial charge in [-0.1, -0.05) is 30.1 Å². The third kappa shape index (κ3) is 4.55. The van der Waals surface area contributed by atoms with Crippen molar-refractivity contribution in [3.05, 3.63) is 40.0 Å². The molecular weight excluding hydrogens is 441 g/mol. The van der Waals surface area contributed by atoms with E-state index in [9.17, 15) is 13.2 Å². The highest BCUT2D eigenvalue weighted by Crippen LogP contribution is 2.33. The summed E-state index contributed by atoms with van der Waals surface area (Å²) in [5.41, 5.74) is 0.846. The summed E-state index contributed by atoms with van der Waals surface area (Å²) in [6.45, 7) is 1.74. The summed E-state index contributed by atoms with van der Waals surface area (Å²) < 4.78 is 31.6. The molecule has 0 saturated carbocycles. The number of rotatable bonds is 7. The fourth-order valence-electron chi connectivity index (χ4n) is 2.63. The number of anilines is 2. The average molecular weight is 458 g/mol. The van der Waals surface area contributed by atoms with Gasteiger partial charge in [-0.15, -0.1) is 5.10 Å². The van der Waals surface area contributed by atoms with Crippen molar-refractivity contribution >= 4 is 61.5 Å². The van der Waals surface area contributed by atoms with Gasteiger partial charge in [0.15, 0.2) is 5.65 Å². The zero-order chi connectivity index (χ0) is 21.2. The molecule has 0 spiro atoms. The molecule has 9 nitrogen and oxygen atoms in total. The summed E-state index contributed by atoms with van der Waals surface area (Å²) in [4.78, 5) is 16.9. The van der Waals surface area contributed by atoms with Crippen LogP contribution < -0.4 is 14.8 Å². The molecule has 3 rings (SSSR count). The smallest absolute Gasteiger partial charge is 0.258 e. The van der Waals surface area contributed by atoms with Gasteiger partial charge in [0, 0.05) is 0 Å². The van der Waals surface area contributed by atoms with Crippen LogP contribution in [0.4, 0.5) is 11.4 Å². The number of ether oxygens (including phenoxy) is 1. The van der Waals surface area contributed by atoms with E-state index < -0.39 is 15.9 Å². The number of aromatic nitrogens is 3. The second-order valence-electron chi connectivity index (χ2n) is 6.01. The average Bonchev–Trinajstić information content (AvgIpc) is 3.06. The number of nitrogens with one attached hydrogen (secondary N) is 3. The van der Waals surface area contributed by atoms with E-state index in [1.165, 1.54) is 25.4 Å². The number of H-pyrrole nitrogens is 1. The van der Waals surface area contributed by atoms with Gasteiger partial charge in [0.2, 0.25) is 15.9 Å². The molecule has 0 bridgehead atoms. The van der Waals surface area contributed by atoms with Crippen LogP contribution in [-0.2, 0) is 10.0 Å². The maximum Gasteiger partial charge on any atom is 0.258 e. The lowest BCUT2D eigenvalue weighted by molar-refractivity contribution is 0.102. The molecule has 0 aliphatic rings. The molecule has 0 radical (unpaired) electrons. The Labute approximate surface area is 176 Å². The number of fused-ring (bicyclic) bond motifs is 1. The first kappa shape index (κ1) is 21.2. The molecule has 3 N–H and O–H groups in total. The fourth-order valence-corrected chi connectivity index (χ4v) is 4.42. The molecule has 0 unspecified atom stereocenters. The van der Waals surface area contributed by atoms with Gasteiger partial charge in [-0.05, 0) is 24.6 Å². The van der Waals surface area contributed by atoms with Gasteiger partial charge in [-0.25, -0.2) is 13.4 Å². The highest BCUT2D eigenvalue weighted by atomic mass is 35.5. The Kier molecular flexibility index (Phi) is 6.15. The molecule has 0 fully saturated rings. The molecule has 0 aliphatic heterocycles. The molecule has 0 atom stereocenters. The van der Waals surface area contributed by atoms with Gasteiger partial charge in [-0.2, -0.15) is 0 Å². The molecule has 1 amide bonds. The van der Waals surface area contributed by atoms with Crippen LogP contribution in [0.3, 0.4) is 0 Å². The van der Waals surface area contributed by atoms with Crippen molar-refractivity contribution in [3.8, 4) is 5.88 Å². The number of pyridine rings is 1. The number of carbonyl (C=O) groups excluding carboxylic acids is 1. The molecule has 0 aliphatic carbocycles. The predicted molar refractivity (Wildman–Crippen MR) is 113 cm³/mol. The van der Waals surface area contributed by atoms with Crippen molar-refractivity contribution in [2.45, 2.75) is 13.3 Å². The fraction of sp³-hybridized carbons (Fsp3) is 0.235. The van der Waals surface area contributed by atoms with Crippen molar-refractivity contribution in [1.82, 2.24) is 15.2 Å². The molecule has 154 valence electrons. The van der Waals surface area contributed by atoms with Crippen LogP contribution in [0.15, 0.2) is 24.4 Å². The lowest BCUT2D eigenvalue weighted by Crippen LogP contribution is -2.18. The monoisotopic (exact) mass is 457 g/mol. The molecule has 0 saturated heterocycles. The summed E-state index contributed by atoms with van der Waals surface area (Å²) in [6.07, 6.45) is 1.86. The number of carbonyl (C=O) groups is 1. The minimum Gasteiger partial charge on any atom is -0.479 e. The summed E-state index contributed by atoms with van der Waals surface area (Å²) in [7, 11) is -2.13. The third-order valence-corrected chi connectivity index (χ3v) is 6.07. The quantitative estimate of drug-likeness (QED) is 0.496. The second-order valence-corrected chi connectivity index (χ2v) is 8.64. The number of hydrogen-bond donors (Lipinski definition) is 3. The lowest BCUT2D eigenvalue weighted by atomic mass is 10.1. The number of halogens is 2. The van der Waals surface area contributed by atoms with Crippen molar-refractivity contribution < 1.29 is 17.9 Å². The van der Waals surface area contributed by atoms with E-state index >= 15 is 0 Å². The van der Waals surface area contributed by atoms with E-state index in [0.717, 1.165) is 0 Å². The molecule has 3 aromatic rings. The Morgan fingerprint density at radius 2 is 2.07 bits per heavy atom. The second kappa shape index (κ2) is 8.44. The number of aromatic amines is 1. The first-order valence-corrected chi connectivity index (χ1v) is 10.8. The number of sulfonamides is 1. The van der Waals surface area contributed by atoms with Crippen LogP contribution in [0.2, 0.25) is 10.0 Å². The highest BCUT2D eigenvalue weighted by molar-refractivity contribution is 7.92. The van der Waals surface area contributed by atoms with E-state index in [2.05, 4.69) is 25.2 Å². The Morgan fingerprint density at radius 1 is 1.31 bits per heavy atom. The topological polar surface area (TPSA) is 126 Å². The molecule has 2 aromatic heterocycles. The molecule has 29 heavy (non-hydrogen) atoms. The van der Waals surface area contributed by atoms with Crippen molar-refractivity contribution in [2.75, 3.05) is 22.9 Å². The minimum absolute atomic E-state index is 0.0655. The first-order chi connectivity index (χ1) is 13.8. The van der Waals surface area contributed by atoms with Crippen molar-refractivity contribution in [3.63, 3.8) is 0 Å². The van der Waals surface area contributed by atoms with Gasteiger partial charge in [0.1, 0.15) is 0 Å². The predicted octanol–water partition coefficient (Wildman–Crippen LogP) is 3.68. The maximum atomic E-state index is 12.8. The van der Waals surface area contributed by atoms with Crippen LogP contribution in [0.25, 0.3) is 11.0 Å². The van der Waals surface area contributed by atoms with Crippen LogP contribution >= 0.6 is 23.2 Å². The zero-order valence-electron chi connectivity index (χ0n) is 15.4. The van der Waals surface area contributed by atoms with Crippen LogP contribution in [0.5, 0.6) is 5.88 Å². The van der Waals surface area contributed by atoms with E-state index in [0.29, 0.717) is 29.0 Å². The summed E-state index contributed by atoms with van der Waals surface area (Å²) in [5, 5.41) is 9.83. The normalized spacial score (nSPS) is 11.4. The number of hydrogen-bond acceptors (Lipinski definition) is 6. The van der Waals surface area contributed by atoms with Crippen LogP contribution in [0, 0.1) is 0 Å². The van der Waals surface area contributed by atoms with Gasteiger partial charge >= 0.3 is 0 Å².